The molecule has 0 radical (unpaired) electrons. The summed E-state index contributed by atoms with van der Waals surface area (Å²) < 4.78 is 0. The number of aromatic carboxylic acids is 1. The summed E-state index contributed by atoms with van der Waals surface area (Å²) in [5.74, 6) is -0.734. The van der Waals surface area contributed by atoms with Crippen LogP contribution in [-0.2, 0) is 0 Å². The number of hydrogen-bond donors (Lipinski definition) is 2. The minimum atomic E-state index is -1.03. The Bertz CT molecular complexity index is 562. The number of hydrogen-bond acceptors (Lipinski definition) is 4. The van der Waals surface area contributed by atoms with Crippen LogP contribution in [0.2, 0.25) is 0 Å². The van der Waals surface area contributed by atoms with E-state index in [1.165, 1.54) is 6.07 Å². The zero-order chi connectivity index (χ0) is 14.4. The van der Waals surface area contributed by atoms with Crippen LogP contribution in [0.1, 0.15) is 43.6 Å². The lowest BCUT2D eigenvalue weighted by Crippen LogP contribution is -2.51. The summed E-state index contributed by atoms with van der Waals surface area (Å²) >= 11 is 0. The van der Waals surface area contributed by atoms with Crippen molar-refractivity contribution in [2.45, 2.75) is 38.8 Å². The lowest BCUT2D eigenvalue weighted by Gasteiger charge is -2.37. The molecule has 0 saturated carbocycles. The molecule has 0 atom stereocenters. The van der Waals surface area contributed by atoms with Crippen molar-refractivity contribution in [3.8, 4) is 0 Å². The second-order valence-electron chi connectivity index (χ2n) is 5.72. The molecule has 5 heteroatoms. The molecule has 19 heavy (non-hydrogen) atoms. The summed E-state index contributed by atoms with van der Waals surface area (Å²) in [5, 5.41) is 20.6. The predicted molar refractivity (Wildman–Crippen MR) is 71.7 cm³/mol. The summed E-state index contributed by atoms with van der Waals surface area (Å²) in [4.78, 5) is 15.7. The van der Waals surface area contributed by atoms with Crippen molar-refractivity contribution < 1.29 is 15.1 Å². The summed E-state index contributed by atoms with van der Waals surface area (Å²) in [6.45, 7) is 7.55. The summed E-state index contributed by atoms with van der Waals surface area (Å²) in [6.07, 6.45) is 0. The number of amidine groups is 1. The van der Waals surface area contributed by atoms with E-state index in [1.54, 1.807) is 18.2 Å². The fraction of sp³-hybridized carbons (Fsp3) is 0.429. The second-order valence-corrected chi connectivity index (χ2v) is 5.72. The molecule has 5 nitrogen and oxygen atoms in total. The Balaban J connectivity index is 2.59. The van der Waals surface area contributed by atoms with Crippen LogP contribution in [0.25, 0.3) is 0 Å². The third-order valence-corrected chi connectivity index (χ3v) is 4.01. The van der Waals surface area contributed by atoms with Crippen LogP contribution < -0.4 is 0 Å². The summed E-state index contributed by atoms with van der Waals surface area (Å²) in [5.41, 5.74) is -0.554. The molecule has 1 aromatic rings. The molecule has 2 N–H and O–H groups in total. The number of nitrogens with zero attached hydrogens (tertiary/aromatic N) is 2. The first-order chi connectivity index (χ1) is 8.68. The highest BCUT2D eigenvalue weighted by molar-refractivity contribution is 6.08. The van der Waals surface area contributed by atoms with Gasteiger partial charge in [-0.15, -0.1) is 0 Å². The van der Waals surface area contributed by atoms with E-state index in [1.807, 2.05) is 27.7 Å². The molecule has 0 unspecified atom stereocenters. The van der Waals surface area contributed by atoms with E-state index >= 15 is 0 Å². The van der Waals surface area contributed by atoms with Crippen molar-refractivity contribution in [3.63, 3.8) is 0 Å². The van der Waals surface area contributed by atoms with E-state index < -0.39 is 17.0 Å². The van der Waals surface area contributed by atoms with Crippen molar-refractivity contribution in [2.75, 3.05) is 0 Å². The first-order valence-electron chi connectivity index (χ1n) is 6.10. The van der Waals surface area contributed by atoms with Crippen molar-refractivity contribution in [1.29, 1.82) is 0 Å². The van der Waals surface area contributed by atoms with Gasteiger partial charge in [0.2, 0.25) is 0 Å². The van der Waals surface area contributed by atoms with Gasteiger partial charge in [-0.3, -0.25) is 10.2 Å². The molecule has 0 saturated heterocycles. The maximum Gasteiger partial charge on any atom is 0.336 e. The van der Waals surface area contributed by atoms with Gasteiger partial charge in [0.15, 0.2) is 5.84 Å². The summed E-state index contributed by atoms with van der Waals surface area (Å²) in [7, 11) is 0. The topological polar surface area (TPSA) is 73.1 Å². The van der Waals surface area contributed by atoms with Gasteiger partial charge in [-0.1, -0.05) is 18.2 Å². The molecule has 102 valence electrons. The third-order valence-electron chi connectivity index (χ3n) is 4.01. The molecular formula is C14H18N2O3. The minimum absolute atomic E-state index is 0.133. The Kier molecular flexibility index (Phi) is 2.90. The maximum atomic E-state index is 11.3. The van der Waals surface area contributed by atoms with E-state index in [2.05, 4.69) is 4.99 Å². The van der Waals surface area contributed by atoms with E-state index in [-0.39, 0.29) is 5.56 Å². The Morgan fingerprint density at radius 1 is 1.21 bits per heavy atom. The van der Waals surface area contributed by atoms with Gasteiger partial charge in [-0.05, 0) is 33.8 Å². The first kappa shape index (κ1) is 13.5. The number of benzene rings is 1. The van der Waals surface area contributed by atoms with Gasteiger partial charge in [0, 0.05) is 5.56 Å². The highest BCUT2D eigenvalue weighted by Crippen LogP contribution is 2.38. The number of carboxylic acids is 1. The zero-order valence-electron chi connectivity index (χ0n) is 11.5. The second kappa shape index (κ2) is 4.06. The maximum absolute atomic E-state index is 11.3. The van der Waals surface area contributed by atoms with Crippen LogP contribution in [0.15, 0.2) is 29.3 Å². The molecule has 1 heterocycles. The van der Waals surface area contributed by atoms with Gasteiger partial charge in [-0.2, -0.15) is 0 Å². The van der Waals surface area contributed by atoms with E-state index in [9.17, 15) is 15.1 Å². The van der Waals surface area contributed by atoms with Crippen LogP contribution in [0.5, 0.6) is 0 Å². The fourth-order valence-corrected chi connectivity index (χ4v) is 2.01. The smallest absolute Gasteiger partial charge is 0.336 e. The number of carboxylic acid groups (broad SMARTS) is 1. The van der Waals surface area contributed by atoms with Crippen LogP contribution in [0, 0.1) is 0 Å². The third kappa shape index (κ3) is 1.90. The molecule has 0 spiro atoms. The highest BCUT2D eigenvalue weighted by atomic mass is 16.5. The average molecular weight is 262 g/mol. The van der Waals surface area contributed by atoms with Crippen LogP contribution in [0.3, 0.4) is 0 Å². The highest BCUT2D eigenvalue weighted by Gasteiger charge is 2.49. The van der Waals surface area contributed by atoms with Crippen LogP contribution in [0.4, 0.5) is 0 Å². The SMILES string of the molecule is CC1(C)N=C(c2ccccc2C(=O)O)N(O)C1(C)C. The Hall–Kier alpha value is -1.88. The van der Waals surface area contributed by atoms with Crippen LogP contribution >= 0.6 is 0 Å². The quantitative estimate of drug-likeness (QED) is 0.858. The van der Waals surface area contributed by atoms with E-state index in [0.29, 0.717) is 11.4 Å². The molecule has 0 aliphatic carbocycles. The monoisotopic (exact) mass is 262 g/mol. The normalized spacial score (nSPS) is 20.3. The van der Waals surface area contributed by atoms with Gasteiger partial charge in [0.25, 0.3) is 0 Å². The average Bonchev–Trinajstić information content (AvgIpc) is 2.49. The lowest BCUT2D eigenvalue weighted by molar-refractivity contribution is -0.0992. The Morgan fingerprint density at radius 2 is 1.79 bits per heavy atom. The Morgan fingerprint density at radius 3 is 2.26 bits per heavy atom. The largest absolute Gasteiger partial charge is 0.478 e. The van der Waals surface area contributed by atoms with Crippen molar-refractivity contribution in [3.05, 3.63) is 35.4 Å². The van der Waals surface area contributed by atoms with Gasteiger partial charge >= 0.3 is 5.97 Å². The summed E-state index contributed by atoms with van der Waals surface area (Å²) in [6, 6.07) is 6.55. The van der Waals surface area contributed by atoms with Gasteiger partial charge in [0.1, 0.15) is 0 Å². The molecule has 1 aliphatic rings. The minimum Gasteiger partial charge on any atom is -0.478 e. The standard InChI is InChI=1S/C14H18N2O3/c1-13(2)14(3,4)16(19)11(15-13)9-7-5-6-8-10(9)12(17)18/h5-8,19H,1-4H3,(H,17,18). The molecule has 0 amide bonds. The van der Waals surface area contributed by atoms with E-state index in [4.69, 9.17) is 0 Å². The van der Waals surface area contributed by atoms with Gasteiger partial charge in [0.05, 0.1) is 16.6 Å². The van der Waals surface area contributed by atoms with Gasteiger partial charge < -0.3 is 5.11 Å². The van der Waals surface area contributed by atoms with Crippen molar-refractivity contribution >= 4 is 11.8 Å². The van der Waals surface area contributed by atoms with Crippen molar-refractivity contribution in [1.82, 2.24) is 5.06 Å². The number of rotatable bonds is 2. The lowest BCUT2D eigenvalue weighted by atomic mass is 9.84. The number of carbonyl (C=O) groups is 1. The first-order valence-corrected chi connectivity index (χ1v) is 6.10. The molecule has 1 aliphatic heterocycles. The molecular weight excluding hydrogens is 244 g/mol. The molecule has 0 aromatic heterocycles. The molecule has 0 fully saturated rings. The van der Waals surface area contributed by atoms with Crippen molar-refractivity contribution in [2.24, 2.45) is 4.99 Å². The Labute approximate surface area is 112 Å². The molecule has 2 rings (SSSR count). The number of aliphatic imine (C=N–C) groups is 1. The fourth-order valence-electron chi connectivity index (χ4n) is 2.01. The zero-order valence-corrected chi connectivity index (χ0v) is 11.5. The number of hydroxylamine groups is 2. The molecule has 1 aromatic carbocycles. The van der Waals surface area contributed by atoms with Gasteiger partial charge in [-0.25, -0.2) is 9.86 Å². The predicted octanol–water partition coefficient (Wildman–Crippen LogP) is 2.39. The van der Waals surface area contributed by atoms with E-state index in [0.717, 1.165) is 5.06 Å². The molecule has 0 bridgehead atoms. The van der Waals surface area contributed by atoms with Crippen LogP contribution in [-0.4, -0.2) is 38.3 Å².